The maximum Gasteiger partial charge on any atom is 0.333 e. The van der Waals surface area contributed by atoms with Crippen molar-refractivity contribution >= 4 is 29.2 Å². The second kappa shape index (κ2) is 11.4. The van der Waals surface area contributed by atoms with Gasteiger partial charge in [0.2, 0.25) is 0 Å². The summed E-state index contributed by atoms with van der Waals surface area (Å²) in [6.45, 7) is 5.55. The standard InChI is InChI=1S/C22H26ClNO6/c1-4-28-19-10-9-15(12-20(22(26)27)30-14(2)3)11-17(19)24-21(25)13-29-18-8-6-5-7-16(18)23/h5-11,14,20H,4,12-13H2,1-3H3,(H,24,25)(H,26,27). The van der Waals surface area contributed by atoms with Crippen LogP contribution in [0.25, 0.3) is 0 Å². The first kappa shape index (κ1) is 23.5. The van der Waals surface area contributed by atoms with Crippen LogP contribution in [0.15, 0.2) is 42.5 Å². The van der Waals surface area contributed by atoms with Gasteiger partial charge in [0.1, 0.15) is 11.5 Å². The number of carbonyl (C=O) groups excluding carboxylic acids is 1. The number of carbonyl (C=O) groups is 2. The van der Waals surface area contributed by atoms with Crippen LogP contribution in [0.3, 0.4) is 0 Å². The lowest BCUT2D eigenvalue weighted by atomic mass is 10.1. The quantitative estimate of drug-likeness (QED) is 0.550. The van der Waals surface area contributed by atoms with Crippen molar-refractivity contribution in [1.29, 1.82) is 0 Å². The number of nitrogens with one attached hydrogen (secondary N) is 1. The van der Waals surface area contributed by atoms with E-state index in [9.17, 15) is 14.7 Å². The van der Waals surface area contributed by atoms with E-state index < -0.39 is 18.0 Å². The third-order valence-corrected chi connectivity index (χ3v) is 4.26. The van der Waals surface area contributed by atoms with Crippen molar-refractivity contribution in [2.45, 2.75) is 39.4 Å². The number of rotatable bonds is 11. The van der Waals surface area contributed by atoms with Gasteiger partial charge in [-0.2, -0.15) is 0 Å². The molecule has 0 bridgehead atoms. The summed E-state index contributed by atoms with van der Waals surface area (Å²) >= 11 is 6.03. The second-order valence-electron chi connectivity index (χ2n) is 6.75. The first-order valence-corrected chi connectivity index (χ1v) is 9.99. The number of anilines is 1. The Labute approximate surface area is 180 Å². The second-order valence-corrected chi connectivity index (χ2v) is 7.15. The van der Waals surface area contributed by atoms with Gasteiger partial charge in [0.05, 0.1) is 23.4 Å². The number of hydrogen-bond acceptors (Lipinski definition) is 5. The van der Waals surface area contributed by atoms with Crippen LogP contribution < -0.4 is 14.8 Å². The average Bonchev–Trinajstić information content (AvgIpc) is 2.68. The molecule has 2 aromatic rings. The summed E-state index contributed by atoms with van der Waals surface area (Å²) < 4.78 is 16.5. The van der Waals surface area contributed by atoms with E-state index in [0.29, 0.717) is 34.4 Å². The Kier molecular flexibility index (Phi) is 8.95. The highest BCUT2D eigenvalue weighted by molar-refractivity contribution is 6.32. The highest BCUT2D eigenvalue weighted by Gasteiger charge is 2.21. The molecule has 162 valence electrons. The predicted octanol–water partition coefficient (Wildman–Crippen LogP) is 4.18. The third-order valence-electron chi connectivity index (χ3n) is 3.95. The summed E-state index contributed by atoms with van der Waals surface area (Å²) in [7, 11) is 0. The fourth-order valence-corrected chi connectivity index (χ4v) is 2.90. The molecule has 0 aliphatic rings. The largest absolute Gasteiger partial charge is 0.492 e. The van der Waals surface area contributed by atoms with Crippen LogP contribution in [0.1, 0.15) is 26.3 Å². The Morgan fingerprint density at radius 1 is 1.10 bits per heavy atom. The topological polar surface area (TPSA) is 94.1 Å². The first-order valence-electron chi connectivity index (χ1n) is 9.61. The number of amides is 1. The van der Waals surface area contributed by atoms with Gasteiger partial charge < -0.3 is 24.6 Å². The van der Waals surface area contributed by atoms with Crippen molar-refractivity contribution in [1.82, 2.24) is 0 Å². The van der Waals surface area contributed by atoms with Crippen molar-refractivity contribution in [3.63, 3.8) is 0 Å². The van der Waals surface area contributed by atoms with Crippen molar-refractivity contribution in [3.05, 3.63) is 53.1 Å². The van der Waals surface area contributed by atoms with E-state index in [2.05, 4.69) is 5.32 Å². The summed E-state index contributed by atoms with van der Waals surface area (Å²) in [5, 5.41) is 12.5. The fraction of sp³-hybridized carbons (Fsp3) is 0.364. The molecule has 0 saturated heterocycles. The van der Waals surface area contributed by atoms with Gasteiger partial charge >= 0.3 is 5.97 Å². The number of carboxylic acids is 1. The van der Waals surface area contributed by atoms with Crippen LogP contribution in [0.4, 0.5) is 5.69 Å². The number of aliphatic carboxylic acids is 1. The van der Waals surface area contributed by atoms with Crippen LogP contribution in [0.5, 0.6) is 11.5 Å². The molecule has 0 saturated carbocycles. The van der Waals surface area contributed by atoms with Crippen molar-refractivity contribution in [2.75, 3.05) is 18.5 Å². The van der Waals surface area contributed by atoms with Crippen LogP contribution in [0, 0.1) is 0 Å². The Hall–Kier alpha value is -2.77. The van der Waals surface area contributed by atoms with Gasteiger partial charge in [0, 0.05) is 6.42 Å². The molecular weight excluding hydrogens is 410 g/mol. The van der Waals surface area contributed by atoms with Gasteiger partial charge in [-0.1, -0.05) is 29.8 Å². The number of hydrogen-bond donors (Lipinski definition) is 2. The van der Waals surface area contributed by atoms with Gasteiger partial charge in [0.25, 0.3) is 5.91 Å². The van der Waals surface area contributed by atoms with Gasteiger partial charge in [-0.05, 0) is 50.6 Å². The average molecular weight is 436 g/mol. The van der Waals surface area contributed by atoms with Gasteiger partial charge in [-0.25, -0.2) is 4.79 Å². The highest BCUT2D eigenvalue weighted by Crippen LogP contribution is 2.27. The van der Waals surface area contributed by atoms with E-state index in [1.807, 2.05) is 6.92 Å². The van der Waals surface area contributed by atoms with E-state index in [-0.39, 0.29) is 19.1 Å². The van der Waals surface area contributed by atoms with E-state index in [0.717, 1.165) is 0 Å². The molecule has 0 radical (unpaired) electrons. The Morgan fingerprint density at radius 2 is 1.83 bits per heavy atom. The third kappa shape index (κ3) is 7.24. The lowest BCUT2D eigenvalue weighted by molar-refractivity contribution is -0.153. The number of carboxylic acid groups (broad SMARTS) is 1. The molecule has 0 aliphatic heterocycles. The molecule has 0 aromatic heterocycles. The van der Waals surface area contributed by atoms with Crippen LogP contribution in [-0.4, -0.2) is 42.4 Å². The lowest BCUT2D eigenvalue weighted by Gasteiger charge is -2.18. The predicted molar refractivity (Wildman–Crippen MR) is 115 cm³/mol. The zero-order valence-electron chi connectivity index (χ0n) is 17.2. The van der Waals surface area contributed by atoms with E-state index in [1.54, 1.807) is 56.3 Å². The zero-order chi connectivity index (χ0) is 22.1. The van der Waals surface area contributed by atoms with Crippen LogP contribution >= 0.6 is 11.6 Å². The molecule has 1 unspecified atom stereocenters. The fourth-order valence-electron chi connectivity index (χ4n) is 2.71. The molecule has 30 heavy (non-hydrogen) atoms. The molecule has 2 rings (SSSR count). The number of ether oxygens (including phenoxy) is 3. The molecule has 1 amide bonds. The van der Waals surface area contributed by atoms with Gasteiger partial charge in [0.15, 0.2) is 12.7 Å². The zero-order valence-corrected chi connectivity index (χ0v) is 17.9. The number of benzene rings is 2. The Morgan fingerprint density at radius 3 is 2.47 bits per heavy atom. The molecule has 0 aliphatic carbocycles. The molecule has 8 heteroatoms. The van der Waals surface area contributed by atoms with Gasteiger partial charge in [-0.15, -0.1) is 0 Å². The van der Waals surface area contributed by atoms with Crippen LogP contribution in [0.2, 0.25) is 5.02 Å². The summed E-state index contributed by atoms with van der Waals surface area (Å²) in [5.41, 5.74) is 1.12. The minimum absolute atomic E-state index is 0.152. The monoisotopic (exact) mass is 435 g/mol. The lowest BCUT2D eigenvalue weighted by Crippen LogP contribution is -2.29. The SMILES string of the molecule is CCOc1ccc(CC(OC(C)C)C(=O)O)cc1NC(=O)COc1ccccc1Cl. The van der Waals surface area contributed by atoms with Gasteiger partial charge in [-0.3, -0.25) is 4.79 Å². The Balaban J connectivity index is 2.12. The summed E-state index contributed by atoms with van der Waals surface area (Å²) in [5.74, 6) is -0.565. The molecule has 7 nitrogen and oxygen atoms in total. The molecule has 2 N–H and O–H groups in total. The highest BCUT2D eigenvalue weighted by atomic mass is 35.5. The summed E-state index contributed by atoms with van der Waals surface area (Å²) in [4.78, 5) is 23.9. The minimum Gasteiger partial charge on any atom is -0.492 e. The van der Waals surface area contributed by atoms with E-state index in [1.165, 1.54) is 0 Å². The molecule has 0 fully saturated rings. The Bertz CT molecular complexity index is 870. The van der Waals surface area contributed by atoms with Crippen molar-refractivity contribution in [3.8, 4) is 11.5 Å². The maximum absolute atomic E-state index is 12.4. The molecule has 0 heterocycles. The molecule has 1 atom stereocenters. The van der Waals surface area contributed by atoms with E-state index >= 15 is 0 Å². The molecule has 2 aromatic carbocycles. The minimum atomic E-state index is -1.05. The van der Waals surface area contributed by atoms with Crippen LogP contribution in [-0.2, 0) is 20.7 Å². The summed E-state index contributed by atoms with van der Waals surface area (Å²) in [6.07, 6.45) is -1.07. The first-order chi connectivity index (χ1) is 14.3. The van der Waals surface area contributed by atoms with Crippen molar-refractivity contribution in [2.24, 2.45) is 0 Å². The molecule has 0 spiro atoms. The van der Waals surface area contributed by atoms with Crippen molar-refractivity contribution < 1.29 is 28.9 Å². The molecular formula is C22H26ClNO6. The normalized spacial score (nSPS) is 11.8. The maximum atomic E-state index is 12.4. The summed E-state index contributed by atoms with van der Waals surface area (Å²) in [6, 6.07) is 12.0. The smallest absolute Gasteiger partial charge is 0.333 e. The van der Waals surface area contributed by atoms with E-state index in [4.69, 9.17) is 25.8 Å². The number of halogens is 1. The number of para-hydroxylation sites is 1.